The van der Waals surface area contributed by atoms with Gasteiger partial charge in [-0.25, -0.2) is 0 Å². The van der Waals surface area contributed by atoms with Crippen molar-refractivity contribution in [1.29, 1.82) is 0 Å². The maximum Gasteiger partial charge on any atom is 0.313 e. The van der Waals surface area contributed by atoms with E-state index in [1.54, 1.807) is 29.0 Å². The fraction of sp³-hybridized carbons (Fsp3) is 0.611. The van der Waals surface area contributed by atoms with Crippen molar-refractivity contribution in [3.05, 3.63) is 61.2 Å². The van der Waals surface area contributed by atoms with Gasteiger partial charge in [-0.1, -0.05) is 71.8 Å². The summed E-state index contributed by atoms with van der Waals surface area (Å²) in [5.41, 5.74) is -0.533. The van der Waals surface area contributed by atoms with Crippen LogP contribution in [-0.4, -0.2) is 105 Å². The molecule has 1 aromatic carbocycles. The molecule has 3 saturated heterocycles. The third-order valence-corrected chi connectivity index (χ3v) is 10.9. The summed E-state index contributed by atoms with van der Waals surface area (Å²) in [6.45, 7) is 13.7. The molecule has 0 saturated carbocycles. The van der Waals surface area contributed by atoms with Gasteiger partial charge >= 0.3 is 5.97 Å². The second-order valence-corrected chi connectivity index (χ2v) is 14.2. The highest BCUT2D eigenvalue weighted by Gasteiger charge is 2.77. The number of likely N-dealkylation sites (N-methyl/N-ethyl adjacent to an activating group) is 1. The van der Waals surface area contributed by atoms with Crippen molar-refractivity contribution >= 4 is 39.6 Å². The highest BCUT2D eigenvalue weighted by Crippen LogP contribution is 2.60. The number of nitrogens with zero attached hydrogens (tertiary/aromatic N) is 3. The van der Waals surface area contributed by atoms with Gasteiger partial charge in [-0.3, -0.25) is 19.2 Å². The molecular formula is C36H50BrN3O7. The summed E-state index contributed by atoms with van der Waals surface area (Å²) in [5.74, 6) is -3.22. The summed E-state index contributed by atoms with van der Waals surface area (Å²) >= 11 is 3.73. The van der Waals surface area contributed by atoms with Crippen molar-refractivity contribution < 1.29 is 33.8 Å². The van der Waals surface area contributed by atoms with Gasteiger partial charge < -0.3 is 29.3 Å². The number of fused-ring (bicyclic) bond motifs is 1. The number of rotatable bonds is 17. The van der Waals surface area contributed by atoms with Gasteiger partial charge in [0.15, 0.2) is 0 Å². The first kappa shape index (κ1) is 36.8. The third-order valence-electron chi connectivity index (χ3n) is 10.1. The topological polar surface area (TPSA) is 117 Å². The first-order valence-corrected chi connectivity index (χ1v) is 17.7. The van der Waals surface area contributed by atoms with Crippen molar-refractivity contribution in [2.24, 2.45) is 11.8 Å². The molecule has 1 spiro atoms. The molecule has 2 unspecified atom stereocenters. The number of ether oxygens (including phenoxy) is 2. The number of esters is 1. The van der Waals surface area contributed by atoms with Crippen LogP contribution in [0.1, 0.15) is 71.0 Å². The Bertz CT molecular complexity index is 1310. The second-order valence-electron chi connectivity index (χ2n) is 13.0. The summed E-state index contributed by atoms with van der Waals surface area (Å²) in [7, 11) is 1.69. The van der Waals surface area contributed by atoms with Crippen LogP contribution in [0, 0.1) is 11.8 Å². The van der Waals surface area contributed by atoms with Crippen LogP contribution < -0.4 is 0 Å². The van der Waals surface area contributed by atoms with Crippen LogP contribution in [0.3, 0.4) is 0 Å². The predicted molar refractivity (Wildman–Crippen MR) is 182 cm³/mol. The van der Waals surface area contributed by atoms with Crippen LogP contribution in [0.5, 0.6) is 0 Å². The number of halogens is 1. The first-order chi connectivity index (χ1) is 22.5. The van der Waals surface area contributed by atoms with E-state index in [4.69, 9.17) is 9.47 Å². The molecule has 3 aliphatic rings. The zero-order valence-corrected chi connectivity index (χ0v) is 29.6. The van der Waals surface area contributed by atoms with Gasteiger partial charge in [-0.05, 0) is 45.1 Å². The van der Waals surface area contributed by atoms with E-state index in [0.717, 1.165) is 12.8 Å². The molecule has 1 aromatic rings. The van der Waals surface area contributed by atoms with Gasteiger partial charge in [0, 0.05) is 44.0 Å². The molecule has 0 radical (unpaired) electrons. The van der Waals surface area contributed by atoms with Crippen molar-refractivity contribution in [1.82, 2.24) is 14.7 Å². The van der Waals surface area contributed by atoms with E-state index in [9.17, 15) is 24.3 Å². The Morgan fingerprint density at radius 2 is 1.91 bits per heavy atom. The fourth-order valence-corrected chi connectivity index (χ4v) is 8.58. The number of carbonyl (C=O) groups excluding carboxylic acids is 4. The minimum atomic E-state index is -1.25. The molecule has 3 amide bonds. The predicted octanol–water partition coefficient (Wildman–Crippen LogP) is 4.42. The molecule has 9 atom stereocenters. The zero-order valence-electron chi connectivity index (χ0n) is 28.1. The summed E-state index contributed by atoms with van der Waals surface area (Å²) in [4.78, 5) is 60.8. The Morgan fingerprint density at radius 1 is 1.21 bits per heavy atom. The first-order valence-electron chi connectivity index (χ1n) is 16.8. The Hall–Kier alpha value is -3.02. The van der Waals surface area contributed by atoms with E-state index in [1.807, 2.05) is 44.2 Å². The monoisotopic (exact) mass is 715 g/mol. The van der Waals surface area contributed by atoms with Crippen LogP contribution in [0.15, 0.2) is 55.6 Å². The number of hydrogen-bond acceptors (Lipinski definition) is 7. The maximum absolute atomic E-state index is 14.5. The molecule has 10 nitrogen and oxygen atoms in total. The average molecular weight is 717 g/mol. The molecule has 2 bridgehead atoms. The molecule has 1 N–H and O–H groups in total. The lowest BCUT2D eigenvalue weighted by atomic mass is 9.70. The third kappa shape index (κ3) is 7.08. The van der Waals surface area contributed by atoms with Crippen molar-refractivity contribution in [3.63, 3.8) is 0 Å². The largest absolute Gasteiger partial charge is 0.455 e. The smallest absolute Gasteiger partial charge is 0.313 e. The molecule has 3 heterocycles. The van der Waals surface area contributed by atoms with E-state index >= 15 is 0 Å². The number of aliphatic hydroxyl groups excluding tert-OH is 1. The Balaban J connectivity index is 1.71. The van der Waals surface area contributed by atoms with Gasteiger partial charge in [0.05, 0.1) is 24.0 Å². The van der Waals surface area contributed by atoms with E-state index in [1.165, 1.54) is 4.90 Å². The summed E-state index contributed by atoms with van der Waals surface area (Å²) in [6, 6.07) is 7.66. The summed E-state index contributed by atoms with van der Waals surface area (Å²) in [6.07, 6.45) is 4.96. The SMILES string of the molecule is C=CCCC(=O)N(C)[C@H](C)[C@H](OC(=O)[C@@H]1[C@H]2O[C@@]3(CC2Br)[C@H](C(=O)N(CC=C)C(C)CCC)N(CCCO)C(=O)[C@@H]13)c1ccccc1. The molecule has 258 valence electrons. The molecule has 3 aliphatic heterocycles. The van der Waals surface area contributed by atoms with Crippen LogP contribution in [0.4, 0.5) is 0 Å². The summed E-state index contributed by atoms with van der Waals surface area (Å²) in [5, 5.41) is 9.70. The Morgan fingerprint density at radius 3 is 2.53 bits per heavy atom. The van der Waals surface area contributed by atoms with Crippen molar-refractivity contribution in [2.45, 2.75) is 100 Å². The van der Waals surface area contributed by atoms with Gasteiger partial charge in [-0.15, -0.1) is 13.2 Å². The molecular weight excluding hydrogens is 666 g/mol. The minimum Gasteiger partial charge on any atom is -0.455 e. The standard InChI is InChI=1S/C36H50BrN3O7/c1-7-10-18-27(42)38(6)24(5)30(25-16-12-11-13-17-25)46-35(45)28-29-33(43)40(20-14-21-41)32(36(29)22-26(37)31(28)47-36)34(44)39(19-9-3)23(4)15-8-2/h7,9,11-13,16-17,23-24,26,28-32,41H,1,3,8,10,14-15,18-22H2,2,4-6H3/t23?,24-,26?,28+,29-,30+,31+,32+,36-/m1/s1. The van der Waals surface area contributed by atoms with E-state index < -0.39 is 47.7 Å². The lowest BCUT2D eigenvalue weighted by Crippen LogP contribution is -2.58. The van der Waals surface area contributed by atoms with E-state index in [0.29, 0.717) is 24.9 Å². The molecule has 0 aliphatic carbocycles. The average Bonchev–Trinajstić information content (AvgIpc) is 3.66. The van der Waals surface area contributed by atoms with Crippen LogP contribution in [-0.2, 0) is 28.7 Å². The van der Waals surface area contributed by atoms with Crippen LogP contribution in [0.25, 0.3) is 0 Å². The highest BCUT2D eigenvalue weighted by atomic mass is 79.9. The molecule has 11 heteroatoms. The number of aliphatic hydroxyl groups is 1. The van der Waals surface area contributed by atoms with Gasteiger partial charge in [0.25, 0.3) is 0 Å². The van der Waals surface area contributed by atoms with Crippen LogP contribution >= 0.6 is 15.9 Å². The second kappa shape index (κ2) is 15.9. The van der Waals surface area contributed by atoms with E-state index in [-0.39, 0.29) is 54.6 Å². The lowest BCUT2D eigenvalue weighted by molar-refractivity contribution is -0.164. The number of hydrogen-bond donors (Lipinski definition) is 1. The normalized spacial score (nSPS) is 27.9. The molecule has 0 aromatic heterocycles. The Kier molecular flexibility index (Phi) is 12.5. The van der Waals surface area contributed by atoms with Crippen molar-refractivity contribution in [2.75, 3.05) is 26.7 Å². The zero-order chi connectivity index (χ0) is 34.5. The molecule has 4 rings (SSSR count). The van der Waals surface area contributed by atoms with E-state index in [2.05, 4.69) is 36.0 Å². The lowest BCUT2D eigenvalue weighted by Gasteiger charge is -2.39. The summed E-state index contributed by atoms with van der Waals surface area (Å²) < 4.78 is 13.0. The highest BCUT2D eigenvalue weighted by molar-refractivity contribution is 9.09. The number of benzene rings is 1. The molecule has 47 heavy (non-hydrogen) atoms. The van der Waals surface area contributed by atoms with Gasteiger partial charge in [0.1, 0.15) is 17.7 Å². The quantitative estimate of drug-likeness (QED) is 0.144. The maximum atomic E-state index is 14.5. The number of carbonyl (C=O) groups is 4. The Labute approximate surface area is 287 Å². The number of allylic oxidation sites excluding steroid dienone is 1. The number of alkyl halides is 1. The van der Waals surface area contributed by atoms with Gasteiger partial charge in [-0.2, -0.15) is 0 Å². The number of amides is 3. The van der Waals surface area contributed by atoms with Gasteiger partial charge in [0.2, 0.25) is 17.7 Å². The molecule has 3 fully saturated rings. The van der Waals surface area contributed by atoms with Crippen LogP contribution in [0.2, 0.25) is 0 Å². The minimum absolute atomic E-state index is 0.103. The van der Waals surface area contributed by atoms with Crippen molar-refractivity contribution in [3.8, 4) is 0 Å². The number of likely N-dealkylation sites (tertiary alicyclic amines) is 1. The fourth-order valence-electron chi connectivity index (χ4n) is 7.64.